The third kappa shape index (κ3) is 2.40. The lowest BCUT2D eigenvalue weighted by molar-refractivity contribution is 0.600. The van der Waals surface area contributed by atoms with Gasteiger partial charge in [-0.05, 0) is 13.3 Å². The van der Waals surface area contributed by atoms with Gasteiger partial charge in [-0.1, -0.05) is 13.8 Å². The van der Waals surface area contributed by atoms with E-state index < -0.39 is 0 Å². The van der Waals surface area contributed by atoms with Crippen LogP contribution in [-0.4, -0.2) is 16.5 Å². The number of aromatic nitrogens is 2. The second kappa shape index (κ2) is 4.88. The van der Waals surface area contributed by atoms with Crippen LogP contribution in [0.15, 0.2) is 0 Å². The topological polar surface area (TPSA) is 37.8 Å². The molecule has 0 aliphatic carbocycles. The molecule has 0 saturated carbocycles. The first kappa shape index (κ1) is 10.9. The van der Waals surface area contributed by atoms with Crippen LogP contribution in [0.5, 0.6) is 0 Å². The molecule has 1 aromatic heterocycles. The summed E-state index contributed by atoms with van der Waals surface area (Å²) in [7, 11) is 0. The van der Waals surface area contributed by atoms with Gasteiger partial charge in [-0.2, -0.15) is 0 Å². The van der Waals surface area contributed by atoms with Crippen LogP contribution in [-0.2, 0) is 6.42 Å². The summed E-state index contributed by atoms with van der Waals surface area (Å²) in [5, 5.41) is 2.95. The average molecular weight is 197 g/mol. The molecule has 0 spiro atoms. The molecule has 0 aliphatic heterocycles. The zero-order valence-electron chi connectivity index (χ0n) is 8.89. The molecule has 3 nitrogen and oxygen atoms in total. The highest BCUT2D eigenvalue weighted by atomic mass is 19.1. The molecule has 0 fully saturated rings. The monoisotopic (exact) mass is 197 g/mol. The Morgan fingerprint density at radius 3 is 2.57 bits per heavy atom. The molecule has 0 unspecified atom stereocenters. The van der Waals surface area contributed by atoms with E-state index in [2.05, 4.69) is 15.3 Å². The van der Waals surface area contributed by atoms with Crippen molar-refractivity contribution in [3.63, 3.8) is 0 Å². The molecule has 1 rings (SSSR count). The number of nitrogens with zero attached hydrogens (tertiary/aromatic N) is 2. The molecule has 4 heteroatoms. The minimum Gasteiger partial charge on any atom is -0.368 e. The first-order valence-electron chi connectivity index (χ1n) is 4.95. The number of halogens is 1. The highest BCUT2D eigenvalue weighted by Gasteiger charge is 2.09. The molecule has 1 N–H and O–H groups in total. The minimum atomic E-state index is -0.337. The molecular formula is C10H16FN3. The summed E-state index contributed by atoms with van der Waals surface area (Å²) in [5.41, 5.74) is 0.412. The highest BCUT2D eigenvalue weighted by Crippen LogP contribution is 2.13. The van der Waals surface area contributed by atoms with Crippen LogP contribution < -0.4 is 5.32 Å². The number of nitrogens with one attached hydrogen (secondary N) is 1. The van der Waals surface area contributed by atoms with Crippen LogP contribution in [0.4, 0.5) is 10.2 Å². The fourth-order valence-corrected chi connectivity index (χ4v) is 1.14. The third-order valence-corrected chi connectivity index (χ3v) is 1.92. The SMILES string of the molecule is CCCNc1nc(CC)nc(C)c1F. The molecule has 0 aliphatic rings. The molecule has 0 amide bonds. The fourth-order valence-electron chi connectivity index (χ4n) is 1.14. The standard InChI is InChI=1S/C10H16FN3/c1-4-6-12-10-9(11)7(3)13-8(5-2)14-10/h4-6H2,1-3H3,(H,12,13,14). The maximum atomic E-state index is 13.5. The summed E-state index contributed by atoms with van der Waals surface area (Å²) in [6, 6.07) is 0. The maximum absolute atomic E-state index is 13.5. The molecule has 0 saturated heterocycles. The average Bonchev–Trinajstić information content (AvgIpc) is 2.20. The van der Waals surface area contributed by atoms with Crippen molar-refractivity contribution < 1.29 is 4.39 Å². The van der Waals surface area contributed by atoms with Gasteiger partial charge in [0.15, 0.2) is 11.6 Å². The summed E-state index contributed by atoms with van der Waals surface area (Å²) >= 11 is 0. The van der Waals surface area contributed by atoms with Gasteiger partial charge in [0.2, 0.25) is 0 Å². The molecule has 0 bridgehead atoms. The summed E-state index contributed by atoms with van der Waals surface area (Å²) in [6.45, 7) is 6.37. The fraction of sp³-hybridized carbons (Fsp3) is 0.600. The zero-order valence-corrected chi connectivity index (χ0v) is 8.89. The van der Waals surface area contributed by atoms with Crippen molar-refractivity contribution in [3.8, 4) is 0 Å². The lowest BCUT2D eigenvalue weighted by atomic mass is 10.3. The largest absolute Gasteiger partial charge is 0.368 e. The van der Waals surface area contributed by atoms with Gasteiger partial charge >= 0.3 is 0 Å². The Morgan fingerprint density at radius 1 is 1.29 bits per heavy atom. The molecule has 1 aromatic rings. The Bertz CT molecular complexity index is 312. The Kier molecular flexibility index (Phi) is 3.80. The van der Waals surface area contributed by atoms with E-state index in [1.807, 2.05) is 13.8 Å². The van der Waals surface area contributed by atoms with Crippen molar-refractivity contribution in [2.24, 2.45) is 0 Å². The van der Waals surface area contributed by atoms with Crippen molar-refractivity contribution in [2.75, 3.05) is 11.9 Å². The van der Waals surface area contributed by atoms with Crippen molar-refractivity contribution in [1.29, 1.82) is 0 Å². The molecule has 0 aromatic carbocycles. The van der Waals surface area contributed by atoms with Crippen LogP contribution in [0.3, 0.4) is 0 Å². The Balaban J connectivity index is 2.95. The van der Waals surface area contributed by atoms with Gasteiger partial charge in [0, 0.05) is 13.0 Å². The molecule has 78 valence electrons. The van der Waals surface area contributed by atoms with Crippen LogP contribution in [0.2, 0.25) is 0 Å². The van der Waals surface area contributed by atoms with Gasteiger partial charge in [-0.3, -0.25) is 0 Å². The molecule has 0 radical (unpaired) electrons. The predicted molar refractivity (Wildman–Crippen MR) is 54.9 cm³/mol. The van der Waals surface area contributed by atoms with Gasteiger partial charge in [0.05, 0.1) is 5.69 Å². The van der Waals surface area contributed by atoms with Gasteiger partial charge in [-0.15, -0.1) is 0 Å². The van der Waals surface area contributed by atoms with Gasteiger partial charge in [-0.25, -0.2) is 14.4 Å². The van der Waals surface area contributed by atoms with Crippen molar-refractivity contribution >= 4 is 5.82 Å². The van der Waals surface area contributed by atoms with E-state index in [0.29, 0.717) is 17.3 Å². The first-order chi connectivity index (χ1) is 6.69. The van der Waals surface area contributed by atoms with Crippen LogP contribution in [0, 0.1) is 12.7 Å². The van der Waals surface area contributed by atoms with E-state index in [9.17, 15) is 4.39 Å². The van der Waals surface area contributed by atoms with Crippen molar-refractivity contribution in [3.05, 3.63) is 17.3 Å². The zero-order chi connectivity index (χ0) is 10.6. The summed E-state index contributed by atoms with van der Waals surface area (Å²) in [5.74, 6) is 0.675. The Hall–Kier alpha value is -1.19. The minimum absolute atomic E-state index is 0.330. The summed E-state index contributed by atoms with van der Waals surface area (Å²) in [4.78, 5) is 8.13. The summed E-state index contributed by atoms with van der Waals surface area (Å²) < 4.78 is 13.5. The lowest BCUT2D eigenvalue weighted by Gasteiger charge is -2.08. The second-order valence-corrected chi connectivity index (χ2v) is 3.17. The van der Waals surface area contributed by atoms with E-state index in [0.717, 1.165) is 19.4 Å². The smallest absolute Gasteiger partial charge is 0.186 e. The molecule has 0 atom stereocenters. The Labute approximate surface area is 83.8 Å². The van der Waals surface area contributed by atoms with Crippen molar-refractivity contribution in [2.45, 2.75) is 33.6 Å². The van der Waals surface area contributed by atoms with E-state index in [1.165, 1.54) is 0 Å². The molecule has 1 heterocycles. The van der Waals surface area contributed by atoms with Gasteiger partial charge in [0.25, 0.3) is 0 Å². The second-order valence-electron chi connectivity index (χ2n) is 3.17. The molecule has 14 heavy (non-hydrogen) atoms. The van der Waals surface area contributed by atoms with Gasteiger partial charge in [0.1, 0.15) is 5.82 Å². The van der Waals surface area contributed by atoms with Crippen LogP contribution in [0.25, 0.3) is 0 Å². The Morgan fingerprint density at radius 2 is 2.00 bits per heavy atom. The van der Waals surface area contributed by atoms with Crippen molar-refractivity contribution in [1.82, 2.24) is 9.97 Å². The van der Waals surface area contributed by atoms with E-state index in [-0.39, 0.29) is 5.82 Å². The third-order valence-electron chi connectivity index (χ3n) is 1.92. The highest BCUT2D eigenvalue weighted by molar-refractivity contribution is 5.37. The number of aryl methyl sites for hydroxylation is 2. The first-order valence-corrected chi connectivity index (χ1v) is 4.95. The van der Waals surface area contributed by atoms with E-state index in [1.54, 1.807) is 6.92 Å². The quantitative estimate of drug-likeness (QED) is 0.804. The number of anilines is 1. The number of hydrogen-bond donors (Lipinski definition) is 1. The predicted octanol–water partition coefficient (Wildman–Crippen LogP) is 2.31. The van der Waals surface area contributed by atoms with Gasteiger partial charge < -0.3 is 5.32 Å². The summed E-state index contributed by atoms with van der Waals surface area (Å²) in [6.07, 6.45) is 1.67. The van der Waals surface area contributed by atoms with Crippen LogP contribution >= 0.6 is 0 Å². The molecular weight excluding hydrogens is 181 g/mol. The lowest BCUT2D eigenvalue weighted by Crippen LogP contribution is -2.09. The maximum Gasteiger partial charge on any atom is 0.186 e. The van der Waals surface area contributed by atoms with Crippen LogP contribution in [0.1, 0.15) is 31.8 Å². The number of rotatable bonds is 4. The van der Waals surface area contributed by atoms with E-state index in [4.69, 9.17) is 0 Å². The van der Waals surface area contributed by atoms with E-state index >= 15 is 0 Å². The number of hydrogen-bond acceptors (Lipinski definition) is 3. The normalized spacial score (nSPS) is 10.3.